The number of aliphatic hydroxyl groups excluding tert-OH is 1. The van der Waals surface area contributed by atoms with Gasteiger partial charge < -0.3 is 24.8 Å². The molecular weight excluding hydrogens is 308 g/mol. The molecule has 0 unspecified atom stereocenters. The Morgan fingerprint density at radius 2 is 2.25 bits per heavy atom. The minimum atomic E-state index is -0.0268. The number of rotatable bonds is 4. The molecule has 1 aromatic carbocycles. The van der Waals surface area contributed by atoms with E-state index in [2.05, 4.69) is 21.3 Å². The first-order valence-electron chi connectivity index (χ1n) is 7.75. The van der Waals surface area contributed by atoms with Gasteiger partial charge in [0.1, 0.15) is 23.1 Å². The Morgan fingerprint density at radius 3 is 2.92 bits per heavy atom. The molecule has 1 aromatic heterocycles. The maximum Gasteiger partial charge on any atom is 0.148 e. The van der Waals surface area contributed by atoms with Gasteiger partial charge in [-0.05, 0) is 6.07 Å². The molecule has 126 valence electrons. The number of nitrogens with zero attached hydrogens (tertiary/aromatic N) is 3. The fourth-order valence-corrected chi connectivity index (χ4v) is 3.08. The number of hydrogen-bond donors (Lipinski definition) is 2. The normalized spacial score (nSPS) is 17.6. The molecule has 3 rings (SSSR count). The summed E-state index contributed by atoms with van der Waals surface area (Å²) in [6.45, 7) is 2.14. The first-order chi connectivity index (χ1) is 11.7. The molecule has 2 aromatic rings. The second-order valence-electron chi connectivity index (χ2n) is 5.64. The van der Waals surface area contributed by atoms with Crippen molar-refractivity contribution in [3.05, 3.63) is 23.9 Å². The van der Waals surface area contributed by atoms with Crippen molar-refractivity contribution in [3.63, 3.8) is 0 Å². The Kier molecular flexibility index (Phi) is 4.69. The molecule has 1 aliphatic heterocycles. The largest absolute Gasteiger partial charge is 0.497 e. The van der Waals surface area contributed by atoms with E-state index in [1.165, 1.54) is 0 Å². The van der Waals surface area contributed by atoms with Gasteiger partial charge in [-0.15, -0.1) is 0 Å². The Morgan fingerprint density at radius 1 is 1.42 bits per heavy atom. The number of ether oxygens (including phenoxy) is 2. The molecule has 24 heavy (non-hydrogen) atoms. The van der Waals surface area contributed by atoms with Crippen molar-refractivity contribution in [1.82, 2.24) is 10.3 Å². The smallest absolute Gasteiger partial charge is 0.148 e. The highest BCUT2D eigenvalue weighted by Gasteiger charge is 2.24. The van der Waals surface area contributed by atoms with Gasteiger partial charge in [0.2, 0.25) is 0 Å². The van der Waals surface area contributed by atoms with Crippen molar-refractivity contribution in [3.8, 4) is 17.6 Å². The topological polar surface area (TPSA) is 90.6 Å². The van der Waals surface area contributed by atoms with Gasteiger partial charge in [0.15, 0.2) is 0 Å². The molecule has 0 radical (unpaired) electrons. The predicted octanol–water partition coefficient (Wildman–Crippen LogP) is 0.894. The fraction of sp³-hybridized carbons (Fsp3) is 0.412. The summed E-state index contributed by atoms with van der Waals surface area (Å²) >= 11 is 0. The first-order valence-corrected chi connectivity index (χ1v) is 7.75. The number of piperazine rings is 1. The summed E-state index contributed by atoms with van der Waals surface area (Å²) < 4.78 is 10.8. The van der Waals surface area contributed by atoms with E-state index in [1.807, 2.05) is 6.07 Å². The molecule has 0 aliphatic carbocycles. The van der Waals surface area contributed by atoms with Gasteiger partial charge in [-0.25, -0.2) is 0 Å². The van der Waals surface area contributed by atoms with Crippen molar-refractivity contribution < 1.29 is 14.6 Å². The van der Waals surface area contributed by atoms with Gasteiger partial charge in [0, 0.05) is 43.3 Å². The summed E-state index contributed by atoms with van der Waals surface area (Å²) in [6.07, 6.45) is 1.57. The standard InChI is InChI=1S/C17H20N4O3/c1-23-13-5-14-16(15(6-13)24-2)20-8-11(7-18)17(14)21-4-3-19-12(9-21)10-22/h5-6,8,12,19,22H,3-4,9-10H2,1-2H3/t12-/m1/s1. The van der Waals surface area contributed by atoms with Crippen LogP contribution in [0.5, 0.6) is 11.5 Å². The summed E-state index contributed by atoms with van der Waals surface area (Å²) in [6, 6.07) is 5.85. The third-order valence-corrected chi connectivity index (χ3v) is 4.25. The zero-order valence-electron chi connectivity index (χ0n) is 13.7. The Bertz CT molecular complexity index is 787. The van der Waals surface area contributed by atoms with Crippen LogP contribution in [0.1, 0.15) is 5.56 Å². The van der Waals surface area contributed by atoms with Crippen molar-refractivity contribution in [2.75, 3.05) is 45.4 Å². The second kappa shape index (κ2) is 6.91. The van der Waals surface area contributed by atoms with E-state index in [1.54, 1.807) is 26.5 Å². The molecule has 2 N–H and O–H groups in total. The average molecular weight is 328 g/mol. The highest BCUT2D eigenvalue weighted by molar-refractivity contribution is 5.98. The number of pyridine rings is 1. The molecule has 0 amide bonds. The molecule has 7 heteroatoms. The summed E-state index contributed by atoms with van der Waals surface area (Å²) in [4.78, 5) is 6.51. The number of aliphatic hydroxyl groups is 1. The van der Waals surface area contributed by atoms with Gasteiger partial charge >= 0.3 is 0 Å². The summed E-state index contributed by atoms with van der Waals surface area (Å²) in [5, 5.41) is 23.1. The van der Waals surface area contributed by atoms with Gasteiger partial charge in [-0.1, -0.05) is 0 Å². The Labute approximate surface area is 140 Å². The van der Waals surface area contributed by atoms with Crippen molar-refractivity contribution in [1.29, 1.82) is 5.26 Å². The maximum atomic E-state index is 9.54. The molecule has 7 nitrogen and oxygen atoms in total. The van der Waals surface area contributed by atoms with E-state index in [9.17, 15) is 10.4 Å². The minimum Gasteiger partial charge on any atom is -0.497 e. The second-order valence-corrected chi connectivity index (χ2v) is 5.64. The summed E-state index contributed by atoms with van der Waals surface area (Å²) in [7, 11) is 3.18. The van der Waals surface area contributed by atoms with E-state index in [4.69, 9.17) is 9.47 Å². The van der Waals surface area contributed by atoms with Crippen LogP contribution in [0.4, 0.5) is 5.69 Å². The van der Waals surface area contributed by atoms with E-state index in [0.717, 1.165) is 24.2 Å². The first kappa shape index (κ1) is 16.3. The molecule has 2 heterocycles. The molecule has 0 spiro atoms. The van der Waals surface area contributed by atoms with Gasteiger partial charge in [-0.3, -0.25) is 4.98 Å². The lowest BCUT2D eigenvalue weighted by atomic mass is 10.1. The molecule has 0 bridgehead atoms. The van der Waals surface area contributed by atoms with E-state index < -0.39 is 0 Å². The zero-order chi connectivity index (χ0) is 17.1. The predicted molar refractivity (Wildman–Crippen MR) is 90.7 cm³/mol. The van der Waals surface area contributed by atoms with Gasteiger partial charge in [0.25, 0.3) is 0 Å². The van der Waals surface area contributed by atoms with Crippen LogP contribution in [0.3, 0.4) is 0 Å². The number of benzene rings is 1. The molecule has 1 fully saturated rings. The lowest BCUT2D eigenvalue weighted by Gasteiger charge is -2.35. The number of hydrogen-bond acceptors (Lipinski definition) is 7. The molecule has 1 saturated heterocycles. The fourth-order valence-electron chi connectivity index (χ4n) is 3.08. The van der Waals surface area contributed by atoms with Gasteiger partial charge in [0.05, 0.1) is 32.1 Å². The van der Waals surface area contributed by atoms with Crippen LogP contribution in [-0.2, 0) is 0 Å². The highest BCUT2D eigenvalue weighted by Crippen LogP contribution is 2.37. The van der Waals surface area contributed by atoms with Gasteiger partial charge in [-0.2, -0.15) is 5.26 Å². The van der Waals surface area contributed by atoms with E-state index in [-0.39, 0.29) is 12.6 Å². The average Bonchev–Trinajstić information content (AvgIpc) is 2.65. The number of nitrogens with one attached hydrogen (secondary N) is 1. The molecular formula is C17H20N4O3. The Hall–Kier alpha value is -2.56. The number of fused-ring (bicyclic) bond motifs is 1. The van der Waals surface area contributed by atoms with Crippen molar-refractivity contribution >= 4 is 16.6 Å². The zero-order valence-corrected chi connectivity index (χ0v) is 13.7. The van der Waals surface area contributed by atoms with Crippen LogP contribution in [0.2, 0.25) is 0 Å². The van der Waals surface area contributed by atoms with Crippen molar-refractivity contribution in [2.45, 2.75) is 6.04 Å². The monoisotopic (exact) mass is 328 g/mol. The third-order valence-electron chi connectivity index (χ3n) is 4.25. The Balaban J connectivity index is 2.22. The van der Waals surface area contributed by atoms with Crippen LogP contribution >= 0.6 is 0 Å². The third kappa shape index (κ3) is 2.82. The number of nitriles is 1. The number of aromatic nitrogens is 1. The van der Waals surface area contributed by atoms with Crippen LogP contribution in [0.15, 0.2) is 18.3 Å². The number of methoxy groups -OCH3 is 2. The SMILES string of the molecule is COc1cc(OC)c2ncc(C#N)c(N3CCN[C@@H](CO)C3)c2c1. The quantitative estimate of drug-likeness (QED) is 0.861. The van der Waals surface area contributed by atoms with E-state index in [0.29, 0.717) is 29.1 Å². The maximum absolute atomic E-state index is 9.54. The van der Waals surface area contributed by atoms with E-state index >= 15 is 0 Å². The lowest BCUT2D eigenvalue weighted by Crippen LogP contribution is -2.52. The van der Waals surface area contributed by atoms with Crippen LogP contribution < -0.4 is 19.7 Å². The van der Waals surface area contributed by atoms with Crippen LogP contribution in [0.25, 0.3) is 10.9 Å². The summed E-state index contributed by atoms with van der Waals surface area (Å²) in [5.74, 6) is 1.25. The molecule has 0 saturated carbocycles. The minimum absolute atomic E-state index is 0.0268. The molecule has 1 aliphatic rings. The summed E-state index contributed by atoms with van der Waals surface area (Å²) in [5.41, 5.74) is 1.99. The number of anilines is 1. The van der Waals surface area contributed by atoms with Crippen LogP contribution in [0, 0.1) is 11.3 Å². The van der Waals surface area contributed by atoms with Crippen LogP contribution in [-0.4, -0.2) is 56.6 Å². The highest BCUT2D eigenvalue weighted by atomic mass is 16.5. The lowest BCUT2D eigenvalue weighted by molar-refractivity contribution is 0.236. The van der Waals surface area contributed by atoms with Crippen molar-refractivity contribution in [2.24, 2.45) is 0 Å². The molecule has 1 atom stereocenters.